The number of rotatable bonds is 4. The average molecular weight is 306 g/mol. The Morgan fingerprint density at radius 3 is 2.59 bits per heavy atom. The maximum Gasteiger partial charge on any atom is 0.327 e. The SMILES string of the molecule is CC(C)N(CC(=O)O)C(=O)c1cnc2[nH]c(=O)[nH]c(=O)c2c1. The van der Waals surface area contributed by atoms with Crippen LogP contribution in [0.1, 0.15) is 24.2 Å². The summed E-state index contributed by atoms with van der Waals surface area (Å²) >= 11 is 0. The molecule has 2 heterocycles. The molecule has 0 aliphatic rings. The van der Waals surface area contributed by atoms with Gasteiger partial charge in [-0.15, -0.1) is 0 Å². The summed E-state index contributed by atoms with van der Waals surface area (Å²) in [6, 6.07) is 0.935. The van der Waals surface area contributed by atoms with Crippen LogP contribution in [0.4, 0.5) is 0 Å². The fourth-order valence-corrected chi connectivity index (χ4v) is 1.96. The second kappa shape index (κ2) is 5.80. The number of carbonyl (C=O) groups is 2. The maximum absolute atomic E-state index is 12.4. The van der Waals surface area contributed by atoms with Crippen LogP contribution in [0, 0.1) is 0 Å². The molecule has 2 aromatic rings. The fraction of sp³-hybridized carbons (Fsp3) is 0.308. The number of amides is 1. The van der Waals surface area contributed by atoms with Crippen molar-refractivity contribution >= 4 is 22.9 Å². The van der Waals surface area contributed by atoms with E-state index in [0.29, 0.717) is 0 Å². The first-order chi connectivity index (χ1) is 10.3. The van der Waals surface area contributed by atoms with Crippen molar-refractivity contribution in [1.29, 1.82) is 0 Å². The van der Waals surface area contributed by atoms with Gasteiger partial charge in [-0.3, -0.25) is 24.4 Å². The number of pyridine rings is 1. The summed E-state index contributed by atoms with van der Waals surface area (Å²) < 4.78 is 0. The van der Waals surface area contributed by atoms with Crippen molar-refractivity contribution in [1.82, 2.24) is 19.9 Å². The largest absolute Gasteiger partial charge is 0.480 e. The molecule has 2 rings (SSSR count). The van der Waals surface area contributed by atoms with Crippen molar-refractivity contribution in [2.24, 2.45) is 0 Å². The molecule has 2 aromatic heterocycles. The van der Waals surface area contributed by atoms with E-state index in [4.69, 9.17) is 5.11 Å². The van der Waals surface area contributed by atoms with Crippen LogP contribution in [0.3, 0.4) is 0 Å². The Morgan fingerprint density at radius 1 is 1.32 bits per heavy atom. The molecule has 0 spiro atoms. The first-order valence-corrected chi connectivity index (χ1v) is 6.44. The number of H-pyrrole nitrogens is 2. The molecule has 0 radical (unpaired) electrons. The Labute approximate surface area is 123 Å². The minimum atomic E-state index is -1.14. The van der Waals surface area contributed by atoms with Gasteiger partial charge in [-0.2, -0.15) is 0 Å². The van der Waals surface area contributed by atoms with Crippen LogP contribution in [-0.4, -0.2) is 49.4 Å². The number of hydrogen-bond acceptors (Lipinski definition) is 5. The molecule has 9 nitrogen and oxygen atoms in total. The minimum absolute atomic E-state index is 0.0458. The Balaban J connectivity index is 2.49. The number of aliphatic carboxylic acids is 1. The molecular formula is C13H14N4O5. The number of carboxylic acids is 1. The van der Waals surface area contributed by atoms with Gasteiger partial charge < -0.3 is 10.0 Å². The van der Waals surface area contributed by atoms with Gasteiger partial charge in [0.15, 0.2) is 0 Å². The summed E-state index contributed by atoms with van der Waals surface area (Å²) in [5.41, 5.74) is -1.24. The van der Waals surface area contributed by atoms with Crippen LogP contribution < -0.4 is 11.2 Å². The lowest BCUT2D eigenvalue weighted by Gasteiger charge is -2.24. The standard InChI is InChI=1S/C13H14N4O5/c1-6(2)17(5-9(18)19)12(21)7-3-8-10(14-4-7)15-13(22)16-11(8)20/h3-4,6H,5H2,1-2H3,(H,18,19)(H2,14,15,16,20,22). The number of nitrogens with one attached hydrogen (secondary N) is 2. The predicted molar refractivity (Wildman–Crippen MR) is 76.8 cm³/mol. The third kappa shape index (κ3) is 3.03. The summed E-state index contributed by atoms with van der Waals surface area (Å²) in [6.07, 6.45) is 1.19. The molecule has 116 valence electrons. The topological polar surface area (TPSA) is 136 Å². The monoisotopic (exact) mass is 306 g/mol. The summed E-state index contributed by atoms with van der Waals surface area (Å²) in [6.45, 7) is 2.90. The lowest BCUT2D eigenvalue weighted by atomic mass is 10.2. The number of carboxylic acid groups (broad SMARTS) is 1. The number of aromatic amines is 2. The Morgan fingerprint density at radius 2 is 2.00 bits per heavy atom. The molecule has 0 unspecified atom stereocenters. The molecule has 0 saturated carbocycles. The third-order valence-corrected chi connectivity index (χ3v) is 3.03. The van der Waals surface area contributed by atoms with Crippen molar-refractivity contribution in [3.05, 3.63) is 38.7 Å². The molecular weight excluding hydrogens is 292 g/mol. The highest BCUT2D eigenvalue weighted by Crippen LogP contribution is 2.11. The summed E-state index contributed by atoms with van der Waals surface area (Å²) in [7, 11) is 0. The highest BCUT2D eigenvalue weighted by atomic mass is 16.4. The van der Waals surface area contributed by atoms with Crippen LogP contribution in [0.15, 0.2) is 21.9 Å². The van der Waals surface area contributed by atoms with Gasteiger partial charge in [0.05, 0.1) is 10.9 Å². The first kappa shape index (κ1) is 15.4. The lowest BCUT2D eigenvalue weighted by molar-refractivity contribution is -0.138. The molecule has 0 bridgehead atoms. The number of aromatic nitrogens is 3. The Kier molecular flexibility index (Phi) is 4.06. The van der Waals surface area contributed by atoms with E-state index in [1.807, 2.05) is 4.98 Å². The van der Waals surface area contributed by atoms with Gasteiger partial charge in [0.2, 0.25) is 0 Å². The molecule has 0 aromatic carbocycles. The van der Waals surface area contributed by atoms with Gasteiger partial charge in [0, 0.05) is 12.2 Å². The van der Waals surface area contributed by atoms with Crippen molar-refractivity contribution in [2.75, 3.05) is 6.54 Å². The van der Waals surface area contributed by atoms with Gasteiger partial charge in [-0.1, -0.05) is 0 Å². The fourth-order valence-electron chi connectivity index (χ4n) is 1.96. The van der Waals surface area contributed by atoms with E-state index < -0.39 is 29.7 Å². The zero-order chi connectivity index (χ0) is 16.4. The van der Waals surface area contributed by atoms with Gasteiger partial charge in [0.25, 0.3) is 11.5 Å². The van der Waals surface area contributed by atoms with Gasteiger partial charge >= 0.3 is 11.7 Å². The van der Waals surface area contributed by atoms with Gasteiger partial charge in [-0.05, 0) is 19.9 Å². The number of hydrogen-bond donors (Lipinski definition) is 3. The molecule has 0 aliphatic carbocycles. The smallest absolute Gasteiger partial charge is 0.327 e. The Hall–Kier alpha value is -2.97. The van der Waals surface area contributed by atoms with Crippen LogP contribution in [0.2, 0.25) is 0 Å². The summed E-state index contributed by atoms with van der Waals surface area (Å²) in [4.78, 5) is 55.5. The number of carbonyl (C=O) groups excluding carboxylic acids is 1. The Bertz CT molecular complexity index is 851. The van der Waals surface area contributed by atoms with E-state index in [2.05, 4.69) is 9.97 Å². The van der Waals surface area contributed by atoms with Crippen LogP contribution in [0.5, 0.6) is 0 Å². The van der Waals surface area contributed by atoms with Gasteiger partial charge in [0.1, 0.15) is 12.2 Å². The van der Waals surface area contributed by atoms with E-state index in [-0.39, 0.29) is 22.6 Å². The average Bonchev–Trinajstić information content (AvgIpc) is 2.43. The van der Waals surface area contributed by atoms with E-state index in [9.17, 15) is 19.2 Å². The molecule has 22 heavy (non-hydrogen) atoms. The number of fused-ring (bicyclic) bond motifs is 1. The zero-order valence-electron chi connectivity index (χ0n) is 11.9. The molecule has 3 N–H and O–H groups in total. The van der Waals surface area contributed by atoms with E-state index in [1.54, 1.807) is 13.8 Å². The van der Waals surface area contributed by atoms with Crippen molar-refractivity contribution in [2.45, 2.75) is 19.9 Å². The van der Waals surface area contributed by atoms with Crippen LogP contribution in [-0.2, 0) is 4.79 Å². The van der Waals surface area contributed by atoms with E-state index in [0.717, 1.165) is 4.90 Å². The van der Waals surface area contributed by atoms with Gasteiger partial charge in [-0.25, -0.2) is 9.78 Å². The quantitative estimate of drug-likeness (QED) is 0.699. The van der Waals surface area contributed by atoms with Crippen LogP contribution in [0.25, 0.3) is 11.0 Å². The van der Waals surface area contributed by atoms with Crippen molar-refractivity contribution in [3.8, 4) is 0 Å². The molecule has 0 atom stereocenters. The molecule has 0 aliphatic heterocycles. The highest BCUT2D eigenvalue weighted by Gasteiger charge is 2.22. The number of nitrogens with zero attached hydrogens (tertiary/aromatic N) is 2. The maximum atomic E-state index is 12.4. The molecule has 0 fully saturated rings. The normalized spacial score (nSPS) is 10.9. The predicted octanol–water partition coefficient (Wildman–Crippen LogP) is -0.453. The summed E-state index contributed by atoms with van der Waals surface area (Å²) in [5, 5.41) is 8.92. The molecule has 1 amide bonds. The summed E-state index contributed by atoms with van der Waals surface area (Å²) in [5.74, 6) is -1.70. The van der Waals surface area contributed by atoms with E-state index >= 15 is 0 Å². The highest BCUT2D eigenvalue weighted by molar-refractivity contribution is 5.98. The zero-order valence-corrected chi connectivity index (χ0v) is 11.9. The molecule has 0 saturated heterocycles. The van der Waals surface area contributed by atoms with Crippen molar-refractivity contribution < 1.29 is 14.7 Å². The minimum Gasteiger partial charge on any atom is -0.480 e. The lowest BCUT2D eigenvalue weighted by Crippen LogP contribution is -2.40. The second-order valence-electron chi connectivity index (χ2n) is 4.95. The molecule has 9 heteroatoms. The third-order valence-electron chi connectivity index (χ3n) is 3.03. The van der Waals surface area contributed by atoms with Crippen molar-refractivity contribution in [3.63, 3.8) is 0 Å². The first-order valence-electron chi connectivity index (χ1n) is 6.44. The second-order valence-corrected chi connectivity index (χ2v) is 4.95. The van der Waals surface area contributed by atoms with E-state index in [1.165, 1.54) is 12.3 Å². The van der Waals surface area contributed by atoms with Crippen LogP contribution >= 0.6 is 0 Å².